The highest BCUT2D eigenvalue weighted by Crippen LogP contribution is 2.31. The van der Waals surface area contributed by atoms with E-state index >= 15 is 0 Å². The number of rotatable bonds is 7. The van der Waals surface area contributed by atoms with Gasteiger partial charge in [0, 0.05) is 37.5 Å². The second kappa shape index (κ2) is 9.70. The summed E-state index contributed by atoms with van der Waals surface area (Å²) in [5, 5.41) is 9.21. The predicted octanol–water partition coefficient (Wildman–Crippen LogP) is 2.95. The van der Waals surface area contributed by atoms with Gasteiger partial charge in [0.15, 0.2) is 0 Å². The van der Waals surface area contributed by atoms with Crippen LogP contribution in [0.3, 0.4) is 0 Å². The largest absolute Gasteiger partial charge is 0.395 e. The molecular formula is C23H27N7O2S. The SMILES string of the molecule is CCc1cc2c(N3CCCN(C(=O)CCCOn4nnc5ccccc54)CC3)ncnc2s1. The van der Waals surface area contributed by atoms with Gasteiger partial charge >= 0.3 is 0 Å². The van der Waals surface area contributed by atoms with Crippen LogP contribution < -0.4 is 9.74 Å². The van der Waals surface area contributed by atoms with E-state index in [-0.39, 0.29) is 5.91 Å². The molecule has 9 nitrogen and oxygen atoms in total. The third kappa shape index (κ3) is 4.61. The number of nitrogens with zero attached hydrogens (tertiary/aromatic N) is 7. The van der Waals surface area contributed by atoms with Gasteiger partial charge in [-0.2, -0.15) is 0 Å². The van der Waals surface area contributed by atoms with Crippen LogP contribution in [0.25, 0.3) is 21.3 Å². The molecular weight excluding hydrogens is 438 g/mol. The van der Waals surface area contributed by atoms with Crippen molar-refractivity contribution in [3.05, 3.63) is 41.5 Å². The molecule has 1 fully saturated rings. The van der Waals surface area contributed by atoms with Gasteiger partial charge in [-0.15, -0.1) is 16.4 Å². The molecule has 0 spiro atoms. The lowest BCUT2D eigenvalue weighted by molar-refractivity contribution is -0.131. The zero-order valence-electron chi connectivity index (χ0n) is 18.7. The Labute approximate surface area is 195 Å². The van der Waals surface area contributed by atoms with E-state index in [1.165, 1.54) is 9.72 Å². The van der Waals surface area contributed by atoms with E-state index in [0.717, 1.165) is 59.5 Å². The van der Waals surface area contributed by atoms with Crippen LogP contribution in [0.4, 0.5) is 5.82 Å². The van der Waals surface area contributed by atoms with Crippen LogP contribution in [-0.2, 0) is 11.2 Å². The number of fused-ring (bicyclic) bond motifs is 2. The quantitative estimate of drug-likeness (QED) is 0.388. The van der Waals surface area contributed by atoms with Gasteiger partial charge in [0.05, 0.1) is 5.39 Å². The minimum atomic E-state index is 0.167. The molecule has 0 aliphatic carbocycles. The molecule has 10 heteroatoms. The lowest BCUT2D eigenvalue weighted by Gasteiger charge is -2.23. The molecule has 4 heterocycles. The molecule has 33 heavy (non-hydrogen) atoms. The molecule has 0 radical (unpaired) electrons. The molecule has 172 valence electrons. The Morgan fingerprint density at radius 1 is 1.15 bits per heavy atom. The topological polar surface area (TPSA) is 89.3 Å². The molecule has 0 N–H and O–H groups in total. The van der Waals surface area contributed by atoms with Crippen LogP contribution in [0.5, 0.6) is 0 Å². The fourth-order valence-electron chi connectivity index (χ4n) is 4.17. The fraction of sp³-hybridized carbons (Fsp3) is 0.435. The smallest absolute Gasteiger partial charge is 0.222 e. The normalized spacial score (nSPS) is 14.7. The van der Waals surface area contributed by atoms with Crippen molar-refractivity contribution in [3.63, 3.8) is 0 Å². The molecule has 1 aliphatic rings. The Morgan fingerprint density at radius 2 is 2.06 bits per heavy atom. The number of thiophene rings is 1. The summed E-state index contributed by atoms with van der Waals surface area (Å²) in [5.74, 6) is 1.15. The van der Waals surface area contributed by atoms with Gasteiger partial charge in [-0.3, -0.25) is 4.79 Å². The average Bonchev–Trinajstić information content (AvgIpc) is 3.38. The molecule has 0 saturated carbocycles. The first kappa shape index (κ1) is 21.6. The second-order valence-corrected chi connectivity index (χ2v) is 9.21. The summed E-state index contributed by atoms with van der Waals surface area (Å²) in [6.45, 7) is 5.69. The van der Waals surface area contributed by atoms with Gasteiger partial charge in [-0.25, -0.2) is 9.97 Å². The summed E-state index contributed by atoms with van der Waals surface area (Å²) in [4.78, 5) is 35.6. The first-order valence-electron chi connectivity index (χ1n) is 11.4. The van der Waals surface area contributed by atoms with Crippen LogP contribution in [0.1, 0.15) is 31.1 Å². The van der Waals surface area contributed by atoms with Crippen molar-refractivity contribution in [2.24, 2.45) is 0 Å². The molecule has 5 rings (SSSR count). The van der Waals surface area contributed by atoms with Gasteiger partial charge in [-0.1, -0.05) is 23.9 Å². The lowest BCUT2D eigenvalue weighted by atomic mass is 10.2. The molecule has 1 aromatic carbocycles. The maximum Gasteiger partial charge on any atom is 0.222 e. The molecule has 4 aromatic rings. The molecule has 3 aromatic heterocycles. The highest BCUT2D eigenvalue weighted by atomic mass is 32.1. The molecule has 1 saturated heterocycles. The summed E-state index contributed by atoms with van der Waals surface area (Å²) in [5.41, 5.74) is 1.61. The van der Waals surface area contributed by atoms with E-state index in [1.54, 1.807) is 17.7 Å². The third-order valence-electron chi connectivity index (χ3n) is 5.93. The highest BCUT2D eigenvalue weighted by molar-refractivity contribution is 7.18. The van der Waals surface area contributed by atoms with Crippen molar-refractivity contribution in [3.8, 4) is 0 Å². The number of aromatic nitrogens is 5. The van der Waals surface area contributed by atoms with E-state index in [0.29, 0.717) is 26.0 Å². The number of aryl methyl sites for hydroxylation is 1. The molecule has 0 unspecified atom stereocenters. The Balaban J connectivity index is 1.14. The fourth-order valence-corrected chi connectivity index (χ4v) is 5.10. The number of benzene rings is 1. The number of amides is 1. The third-order valence-corrected chi connectivity index (χ3v) is 7.11. The summed E-state index contributed by atoms with van der Waals surface area (Å²) in [6, 6.07) is 9.85. The monoisotopic (exact) mass is 465 g/mol. The lowest BCUT2D eigenvalue weighted by Crippen LogP contribution is -2.35. The zero-order valence-corrected chi connectivity index (χ0v) is 19.5. The van der Waals surface area contributed by atoms with Gasteiger partial charge in [0.2, 0.25) is 5.91 Å². The number of para-hydroxylation sites is 1. The molecule has 0 bridgehead atoms. The average molecular weight is 466 g/mol. The van der Waals surface area contributed by atoms with E-state index in [9.17, 15) is 4.79 Å². The number of carbonyl (C=O) groups excluding carboxylic acids is 1. The highest BCUT2D eigenvalue weighted by Gasteiger charge is 2.21. The van der Waals surface area contributed by atoms with Crippen molar-refractivity contribution >= 4 is 44.3 Å². The molecule has 0 atom stereocenters. The van der Waals surface area contributed by atoms with Gasteiger partial charge in [0.25, 0.3) is 0 Å². The Hall–Kier alpha value is -3.27. The van der Waals surface area contributed by atoms with E-state index < -0.39 is 0 Å². The van der Waals surface area contributed by atoms with Crippen LogP contribution in [-0.4, -0.2) is 68.7 Å². The summed E-state index contributed by atoms with van der Waals surface area (Å²) in [6.07, 6.45) is 4.66. The van der Waals surface area contributed by atoms with Crippen molar-refractivity contribution in [2.75, 3.05) is 37.7 Å². The van der Waals surface area contributed by atoms with Crippen LogP contribution in [0, 0.1) is 0 Å². The second-order valence-electron chi connectivity index (χ2n) is 8.09. The van der Waals surface area contributed by atoms with Crippen molar-refractivity contribution in [1.29, 1.82) is 0 Å². The van der Waals surface area contributed by atoms with Crippen molar-refractivity contribution in [2.45, 2.75) is 32.6 Å². The maximum atomic E-state index is 12.8. The molecule has 1 aliphatic heterocycles. The minimum absolute atomic E-state index is 0.167. The minimum Gasteiger partial charge on any atom is -0.395 e. The number of anilines is 1. The predicted molar refractivity (Wildman–Crippen MR) is 128 cm³/mol. The summed E-state index contributed by atoms with van der Waals surface area (Å²) < 4.78 is 0. The number of carbonyl (C=O) groups is 1. The number of hydrogen-bond acceptors (Lipinski definition) is 8. The van der Waals surface area contributed by atoms with E-state index in [2.05, 4.69) is 38.2 Å². The number of hydrogen-bond donors (Lipinski definition) is 0. The Bertz CT molecular complexity index is 1250. The summed E-state index contributed by atoms with van der Waals surface area (Å²) >= 11 is 1.73. The first-order valence-corrected chi connectivity index (χ1v) is 12.2. The Morgan fingerprint density at radius 3 is 2.97 bits per heavy atom. The van der Waals surface area contributed by atoms with Crippen LogP contribution in [0.2, 0.25) is 0 Å². The van der Waals surface area contributed by atoms with Crippen molar-refractivity contribution in [1.82, 2.24) is 30.0 Å². The maximum absolute atomic E-state index is 12.8. The van der Waals surface area contributed by atoms with E-state index in [1.807, 2.05) is 29.2 Å². The van der Waals surface area contributed by atoms with Gasteiger partial charge in [-0.05, 0) is 42.7 Å². The first-order chi connectivity index (χ1) is 16.2. The zero-order chi connectivity index (χ0) is 22.6. The standard InChI is InChI=1S/C23H27N7O2S/c1-2-17-15-18-22(24-16-25-23(18)33-17)29-11-6-10-28(12-13-29)21(31)9-5-14-32-30-20-8-4-3-7-19(20)26-27-30/h3-4,7-8,15-16H,2,5-6,9-14H2,1H3. The van der Waals surface area contributed by atoms with Gasteiger partial charge < -0.3 is 14.6 Å². The Kier molecular flexibility index (Phi) is 6.34. The van der Waals surface area contributed by atoms with Crippen LogP contribution >= 0.6 is 11.3 Å². The van der Waals surface area contributed by atoms with Gasteiger partial charge in [0.1, 0.15) is 34.6 Å². The summed E-state index contributed by atoms with van der Waals surface area (Å²) in [7, 11) is 0. The van der Waals surface area contributed by atoms with Crippen LogP contribution in [0.15, 0.2) is 36.7 Å². The van der Waals surface area contributed by atoms with Crippen molar-refractivity contribution < 1.29 is 9.63 Å². The molecule has 1 amide bonds. The van der Waals surface area contributed by atoms with E-state index in [4.69, 9.17) is 4.84 Å².